The van der Waals surface area contributed by atoms with Crippen molar-refractivity contribution in [3.63, 3.8) is 0 Å². The highest BCUT2D eigenvalue weighted by Gasteiger charge is 2.18. The zero-order valence-corrected chi connectivity index (χ0v) is 11.8. The van der Waals surface area contributed by atoms with Crippen LogP contribution in [0.2, 0.25) is 5.02 Å². The molecule has 19 heavy (non-hydrogen) atoms. The minimum absolute atomic E-state index is 0.112. The molecule has 0 unspecified atom stereocenters. The van der Waals surface area contributed by atoms with E-state index in [1.54, 1.807) is 6.07 Å². The van der Waals surface area contributed by atoms with Crippen molar-refractivity contribution < 1.29 is 4.92 Å². The summed E-state index contributed by atoms with van der Waals surface area (Å²) in [5, 5.41) is 13.5. The Morgan fingerprint density at radius 2 is 1.89 bits per heavy atom. The maximum absolute atomic E-state index is 10.9. The Kier molecular flexibility index (Phi) is 2.88. The van der Waals surface area contributed by atoms with E-state index in [0.717, 1.165) is 15.2 Å². The number of aromatic nitrogens is 1. The summed E-state index contributed by atoms with van der Waals surface area (Å²) in [5.74, 6) is 0. The molecule has 1 aromatic heterocycles. The van der Waals surface area contributed by atoms with Crippen LogP contribution in [0.25, 0.3) is 21.7 Å². The molecule has 0 aliphatic carbocycles. The fourth-order valence-electron chi connectivity index (χ4n) is 2.07. The molecule has 3 rings (SSSR count). The smallest absolute Gasteiger partial charge is 0.258 e. The third-order valence-electron chi connectivity index (χ3n) is 2.94. The van der Waals surface area contributed by atoms with Crippen LogP contribution < -0.4 is 0 Å². The number of rotatable bonds is 1. The van der Waals surface area contributed by atoms with Crippen LogP contribution in [0.3, 0.4) is 0 Å². The van der Waals surface area contributed by atoms with Gasteiger partial charge in [-0.2, -0.15) is 0 Å². The molecule has 0 amide bonds. The first-order valence-corrected chi connectivity index (χ1v) is 6.56. The van der Waals surface area contributed by atoms with Gasteiger partial charge in [-0.1, -0.05) is 51.8 Å². The first-order valence-electron chi connectivity index (χ1n) is 5.39. The average Bonchev–Trinajstić information content (AvgIpc) is 2.40. The largest absolute Gasteiger partial charge is 0.306 e. The molecule has 0 aliphatic heterocycles. The van der Waals surface area contributed by atoms with Gasteiger partial charge in [0.25, 0.3) is 0 Å². The summed E-state index contributed by atoms with van der Waals surface area (Å²) in [5.41, 5.74) is 0.478. The highest BCUT2D eigenvalue weighted by molar-refractivity contribution is 9.10. The van der Waals surface area contributed by atoms with Crippen molar-refractivity contribution in [2.75, 3.05) is 0 Å². The van der Waals surface area contributed by atoms with Crippen LogP contribution >= 0.6 is 27.5 Å². The van der Waals surface area contributed by atoms with E-state index in [1.807, 2.05) is 24.3 Å². The van der Waals surface area contributed by atoms with Gasteiger partial charge in [-0.3, -0.25) is 10.1 Å². The third-order valence-corrected chi connectivity index (χ3v) is 3.99. The lowest BCUT2D eigenvalue weighted by atomic mass is 10.1. The second-order valence-electron chi connectivity index (χ2n) is 4.01. The standard InChI is InChI=1S/C13H6BrClN2O2/c14-10-5-9-12(15)11(17(18)19)6-16-13(9)8-4-2-1-3-7(8)10/h1-6H. The molecule has 0 spiro atoms. The van der Waals surface area contributed by atoms with Gasteiger partial charge in [0, 0.05) is 15.2 Å². The zero-order chi connectivity index (χ0) is 13.6. The number of nitrogens with zero attached hydrogens (tertiary/aromatic N) is 2. The van der Waals surface area contributed by atoms with Gasteiger partial charge in [-0.15, -0.1) is 0 Å². The lowest BCUT2D eigenvalue weighted by molar-refractivity contribution is -0.384. The maximum Gasteiger partial charge on any atom is 0.306 e. The quantitative estimate of drug-likeness (QED) is 0.367. The molecule has 1 heterocycles. The van der Waals surface area contributed by atoms with Gasteiger partial charge in [0.15, 0.2) is 0 Å². The van der Waals surface area contributed by atoms with Gasteiger partial charge >= 0.3 is 5.69 Å². The SMILES string of the molecule is O=[N+]([O-])c1cnc2c(cc(Br)c3ccccc32)c1Cl. The predicted octanol–water partition coefficient (Wildman–Crippen LogP) is 4.71. The molecule has 0 atom stereocenters. The van der Waals surface area contributed by atoms with E-state index in [9.17, 15) is 10.1 Å². The summed E-state index contributed by atoms with van der Waals surface area (Å²) in [7, 11) is 0. The molecule has 0 radical (unpaired) electrons. The van der Waals surface area contributed by atoms with Crippen LogP contribution in [0.5, 0.6) is 0 Å². The van der Waals surface area contributed by atoms with E-state index < -0.39 is 4.92 Å². The van der Waals surface area contributed by atoms with Gasteiger partial charge in [-0.05, 0) is 11.5 Å². The van der Waals surface area contributed by atoms with Crippen molar-refractivity contribution in [3.8, 4) is 0 Å². The lowest BCUT2D eigenvalue weighted by Crippen LogP contribution is -1.92. The highest BCUT2D eigenvalue weighted by atomic mass is 79.9. The van der Waals surface area contributed by atoms with Crippen LogP contribution in [-0.4, -0.2) is 9.91 Å². The van der Waals surface area contributed by atoms with Gasteiger partial charge in [0.05, 0.1) is 10.4 Å². The number of hydrogen-bond donors (Lipinski definition) is 0. The van der Waals surface area contributed by atoms with Crippen molar-refractivity contribution in [2.24, 2.45) is 0 Å². The Bertz CT molecular complexity index is 836. The second-order valence-corrected chi connectivity index (χ2v) is 5.25. The monoisotopic (exact) mass is 336 g/mol. The van der Waals surface area contributed by atoms with Gasteiger partial charge in [0.2, 0.25) is 0 Å². The van der Waals surface area contributed by atoms with Gasteiger partial charge in [0.1, 0.15) is 11.2 Å². The first kappa shape index (κ1) is 12.3. The second kappa shape index (κ2) is 4.43. The Balaban J connectivity index is 2.53. The summed E-state index contributed by atoms with van der Waals surface area (Å²) >= 11 is 9.56. The summed E-state index contributed by atoms with van der Waals surface area (Å²) in [6.45, 7) is 0. The third kappa shape index (κ3) is 1.86. The minimum Gasteiger partial charge on any atom is -0.258 e. The van der Waals surface area contributed by atoms with Crippen LogP contribution in [0.4, 0.5) is 5.69 Å². The summed E-state index contributed by atoms with van der Waals surface area (Å²) in [6.07, 6.45) is 1.20. The van der Waals surface area contributed by atoms with Crippen molar-refractivity contribution in [3.05, 3.63) is 56.1 Å². The molecule has 0 bridgehead atoms. The number of halogens is 2. The van der Waals surface area contributed by atoms with E-state index in [1.165, 1.54) is 6.20 Å². The van der Waals surface area contributed by atoms with E-state index >= 15 is 0 Å². The molecule has 3 aromatic rings. The number of hydrogen-bond acceptors (Lipinski definition) is 3. The Morgan fingerprint density at radius 3 is 2.58 bits per heavy atom. The molecule has 4 nitrogen and oxygen atoms in total. The molecule has 0 fully saturated rings. The zero-order valence-electron chi connectivity index (χ0n) is 9.43. The van der Waals surface area contributed by atoms with E-state index in [0.29, 0.717) is 10.9 Å². The molecule has 0 N–H and O–H groups in total. The van der Waals surface area contributed by atoms with Crippen LogP contribution in [0.1, 0.15) is 0 Å². The number of pyridine rings is 1. The van der Waals surface area contributed by atoms with E-state index in [4.69, 9.17) is 11.6 Å². The van der Waals surface area contributed by atoms with Crippen LogP contribution in [0, 0.1) is 10.1 Å². The van der Waals surface area contributed by atoms with Crippen molar-refractivity contribution in [1.82, 2.24) is 4.98 Å². The summed E-state index contributed by atoms with van der Waals surface area (Å²) in [6, 6.07) is 9.45. The Labute approximate surface area is 121 Å². The van der Waals surface area contributed by atoms with Crippen molar-refractivity contribution in [2.45, 2.75) is 0 Å². The fraction of sp³-hybridized carbons (Fsp3) is 0. The number of fused-ring (bicyclic) bond motifs is 3. The lowest BCUT2D eigenvalue weighted by Gasteiger charge is -2.07. The molecule has 0 saturated heterocycles. The number of benzene rings is 2. The van der Waals surface area contributed by atoms with Gasteiger partial charge in [-0.25, -0.2) is 4.98 Å². The van der Waals surface area contributed by atoms with Gasteiger partial charge < -0.3 is 0 Å². The predicted molar refractivity (Wildman–Crippen MR) is 78.6 cm³/mol. The van der Waals surface area contributed by atoms with Crippen molar-refractivity contribution >= 4 is 54.9 Å². The molecule has 0 aliphatic rings. The van der Waals surface area contributed by atoms with Crippen LogP contribution in [-0.2, 0) is 0 Å². The van der Waals surface area contributed by atoms with Crippen molar-refractivity contribution in [1.29, 1.82) is 0 Å². The minimum atomic E-state index is -0.530. The molecule has 2 aromatic carbocycles. The molecule has 94 valence electrons. The normalized spacial score (nSPS) is 11.1. The van der Waals surface area contributed by atoms with E-state index in [-0.39, 0.29) is 10.7 Å². The number of nitro groups is 1. The fourth-order valence-corrected chi connectivity index (χ4v) is 2.91. The molecular formula is C13H6BrClN2O2. The first-order chi connectivity index (χ1) is 9.09. The Hall–Kier alpha value is -1.72. The molecule has 0 saturated carbocycles. The molecular weight excluding hydrogens is 332 g/mol. The molecule has 6 heteroatoms. The van der Waals surface area contributed by atoms with E-state index in [2.05, 4.69) is 20.9 Å². The summed E-state index contributed by atoms with van der Waals surface area (Å²) in [4.78, 5) is 14.5. The maximum atomic E-state index is 10.9. The Morgan fingerprint density at radius 1 is 1.21 bits per heavy atom. The topological polar surface area (TPSA) is 56.0 Å². The summed E-state index contributed by atoms with van der Waals surface area (Å²) < 4.78 is 0.833. The highest BCUT2D eigenvalue weighted by Crippen LogP contribution is 2.37. The average molecular weight is 338 g/mol. The van der Waals surface area contributed by atoms with Crippen LogP contribution in [0.15, 0.2) is 41.0 Å².